The Bertz CT molecular complexity index is 937. The van der Waals surface area contributed by atoms with Gasteiger partial charge in [-0.3, -0.25) is 10.0 Å². The third-order valence-corrected chi connectivity index (χ3v) is 7.31. The van der Waals surface area contributed by atoms with Crippen LogP contribution in [0, 0.1) is 0 Å². The number of nitrogens with one attached hydrogen (secondary N) is 1. The lowest BCUT2D eigenvalue weighted by Crippen LogP contribution is -2.48. The summed E-state index contributed by atoms with van der Waals surface area (Å²) < 4.78 is 27.5. The van der Waals surface area contributed by atoms with Crippen LogP contribution < -0.4 is 10.4 Å². The van der Waals surface area contributed by atoms with Gasteiger partial charge in [-0.05, 0) is 31.8 Å². The molecule has 28 heavy (non-hydrogen) atoms. The topological polar surface area (TPSA) is 106 Å². The average molecular weight is 426 g/mol. The number of piperazine rings is 1. The number of benzene rings is 1. The molecule has 152 valence electrons. The normalized spacial score (nSPS) is 15.8. The highest BCUT2D eigenvalue weighted by Gasteiger charge is 2.29. The molecule has 0 unspecified atom stereocenters. The molecule has 1 saturated heterocycles. The van der Waals surface area contributed by atoms with Crippen molar-refractivity contribution >= 4 is 32.4 Å². The Morgan fingerprint density at radius 2 is 2.00 bits per heavy atom. The maximum absolute atomic E-state index is 13.0. The monoisotopic (exact) mass is 425 g/mol. The third-order valence-electron chi connectivity index (χ3n) is 4.36. The lowest BCUT2D eigenvalue weighted by atomic mass is 10.2. The number of hydroxylamine groups is 1. The van der Waals surface area contributed by atoms with E-state index >= 15 is 0 Å². The zero-order valence-corrected chi connectivity index (χ0v) is 17.3. The molecule has 0 spiro atoms. The van der Waals surface area contributed by atoms with Crippen molar-refractivity contribution in [1.82, 2.24) is 19.7 Å². The van der Waals surface area contributed by atoms with E-state index in [-0.39, 0.29) is 0 Å². The number of hydrogen-bond acceptors (Lipinski definition) is 8. The molecule has 0 aliphatic carbocycles. The number of anilines is 1. The number of amides is 1. The molecule has 0 saturated carbocycles. The molecular formula is C17H23N5O4S2. The molecule has 1 aliphatic rings. The fraction of sp³-hybridized carbons (Fsp3) is 0.412. The fourth-order valence-electron chi connectivity index (χ4n) is 3.01. The predicted molar refractivity (Wildman–Crippen MR) is 106 cm³/mol. The highest BCUT2D eigenvalue weighted by molar-refractivity contribution is 7.89. The molecule has 9 nitrogen and oxygen atoms in total. The van der Waals surface area contributed by atoms with Crippen molar-refractivity contribution in [3.8, 4) is 0 Å². The van der Waals surface area contributed by atoms with Crippen molar-refractivity contribution in [2.45, 2.75) is 11.4 Å². The Morgan fingerprint density at radius 1 is 1.29 bits per heavy atom. The van der Waals surface area contributed by atoms with Crippen molar-refractivity contribution in [3.05, 3.63) is 40.9 Å². The minimum absolute atomic E-state index is 0.297. The van der Waals surface area contributed by atoms with Crippen molar-refractivity contribution < 1.29 is 18.4 Å². The number of sulfonamides is 1. The van der Waals surface area contributed by atoms with Crippen LogP contribution in [0.4, 0.5) is 5.13 Å². The molecule has 11 heteroatoms. The second kappa shape index (κ2) is 8.53. The number of carbonyl (C=O) groups excluding carboxylic acids is 1. The second-order valence-electron chi connectivity index (χ2n) is 6.72. The molecule has 0 radical (unpaired) electrons. The van der Waals surface area contributed by atoms with Crippen LogP contribution in [0.3, 0.4) is 0 Å². The molecule has 0 atom stereocenters. The maximum atomic E-state index is 13.0. The second-order valence-corrected chi connectivity index (χ2v) is 9.67. The van der Waals surface area contributed by atoms with Gasteiger partial charge in [0.1, 0.15) is 4.88 Å². The molecule has 2 aromatic rings. The Morgan fingerprint density at radius 3 is 2.64 bits per heavy atom. The van der Waals surface area contributed by atoms with E-state index in [0.29, 0.717) is 47.6 Å². The number of carbonyl (C=O) groups is 1. The van der Waals surface area contributed by atoms with Crippen LogP contribution in [0.1, 0.15) is 15.2 Å². The molecule has 2 N–H and O–H groups in total. The predicted octanol–water partition coefficient (Wildman–Crippen LogP) is 0.835. The number of thiazole rings is 1. The first-order valence-electron chi connectivity index (χ1n) is 8.70. The first-order chi connectivity index (χ1) is 13.3. The third kappa shape index (κ3) is 4.50. The summed E-state index contributed by atoms with van der Waals surface area (Å²) in [6, 6.07) is 7.04. The van der Waals surface area contributed by atoms with Crippen LogP contribution >= 0.6 is 11.3 Å². The Labute approximate surface area is 168 Å². The van der Waals surface area contributed by atoms with Crippen LogP contribution in [0.2, 0.25) is 0 Å². The molecular weight excluding hydrogens is 402 g/mol. The van der Waals surface area contributed by atoms with Gasteiger partial charge in [0.2, 0.25) is 10.0 Å². The molecule has 3 rings (SSSR count). The van der Waals surface area contributed by atoms with Crippen LogP contribution in [0.25, 0.3) is 0 Å². The van der Waals surface area contributed by atoms with E-state index in [1.807, 2.05) is 30.0 Å². The zero-order chi connectivity index (χ0) is 20.3. The van der Waals surface area contributed by atoms with Gasteiger partial charge in [0.25, 0.3) is 5.91 Å². The quantitative estimate of drug-likeness (QED) is 0.522. The number of hydrogen-bond donors (Lipinski definition) is 2. The van der Waals surface area contributed by atoms with Gasteiger partial charge in [-0.1, -0.05) is 23.5 Å². The van der Waals surface area contributed by atoms with Gasteiger partial charge in [0, 0.05) is 32.7 Å². The first kappa shape index (κ1) is 20.7. The van der Waals surface area contributed by atoms with Crippen LogP contribution in [0.5, 0.6) is 0 Å². The van der Waals surface area contributed by atoms with Crippen LogP contribution in [-0.4, -0.2) is 74.0 Å². The summed E-state index contributed by atoms with van der Waals surface area (Å²) >= 11 is 1.15. The van der Waals surface area contributed by atoms with Gasteiger partial charge in [0.15, 0.2) is 5.13 Å². The summed E-state index contributed by atoms with van der Waals surface area (Å²) in [6.45, 7) is 2.29. The van der Waals surface area contributed by atoms with E-state index in [2.05, 4.69) is 4.98 Å². The molecule has 1 amide bonds. The fourth-order valence-corrected chi connectivity index (χ4v) is 5.36. The molecule has 1 aromatic carbocycles. The first-order valence-corrected chi connectivity index (χ1v) is 11.0. The van der Waals surface area contributed by atoms with Gasteiger partial charge in [-0.2, -0.15) is 4.31 Å². The minimum atomic E-state index is -3.56. The van der Waals surface area contributed by atoms with E-state index in [1.165, 1.54) is 10.5 Å². The number of nitrogens with zero attached hydrogens (tertiary/aromatic N) is 4. The van der Waals surface area contributed by atoms with E-state index in [1.54, 1.807) is 23.7 Å². The molecule has 0 bridgehead atoms. The van der Waals surface area contributed by atoms with Crippen molar-refractivity contribution in [3.63, 3.8) is 0 Å². The summed E-state index contributed by atoms with van der Waals surface area (Å²) in [5.74, 6) is -0.609. The van der Waals surface area contributed by atoms with E-state index in [0.717, 1.165) is 16.9 Å². The van der Waals surface area contributed by atoms with E-state index < -0.39 is 15.9 Å². The summed E-state index contributed by atoms with van der Waals surface area (Å²) in [4.78, 5) is 20.2. The van der Waals surface area contributed by atoms with Gasteiger partial charge in [-0.25, -0.2) is 18.9 Å². The minimum Gasteiger partial charge on any atom is -0.345 e. The van der Waals surface area contributed by atoms with E-state index in [9.17, 15) is 13.2 Å². The van der Waals surface area contributed by atoms with Crippen molar-refractivity contribution in [2.24, 2.45) is 0 Å². The van der Waals surface area contributed by atoms with Gasteiger partial charge in [-0.15, -0.1) is 0 Å². The molecule has 1 aliphatic heterocycles. The van der Waals surface area contributed by atoms with Crippen molar-refractivity contribution in [2.75, 3.05) is 45.2 Å². The van der Waals surface area contributed by atoms with Crippen LogP contribution in [-0.2, 0) is 16.6 Å². The number of rotatable bonds is 6. The van der Waals surface area contributed by atoms with Gasteiger partial charge < -0.3 is 9.80 Å². The molecule has 1 aromatic heterocycles. The Hall–Kier alpha value is -2.05. The summed E-state index contributed by atoms with van der Waals surface area (Å²) in [7, 11) is 0.314. The SMILES string of the molecule is CN(C)Cc1cccc(S(=O)(=O)N2CCN(c3ncc(C(=O)NO)s3)CC2)c1. The highest BCUT2D eigenvalue weighted by Crippen LogP contribution is 2.25. The summed E-state index contributed by atoms with van der Waals surface area (Å²) in [5, 5.41) is 9.33. The lowest BCUT2D eigenvalue weighted by molar-refractivity contribution is 0.0710. The number of aromatic nitrogens is 1. The molecule has 2 heterocycles. The molecule has 1 fully saturated rings. The highest BCUT2D eigenvalue weighted by atomic mass is 32.2. The summed E-state index contributed by atoms with van der Waals surface area (Å²) in [6.07, 6.45) is 1.39. The maximum Gasteiger partial charge on any atom is 0.286 e. The zero-order valence-electron chi connectivity index (χ0n) is 15.7. The Kier molecular flexibility index (Phi) is 6.30. The average Bonchev–Trinajstić information content (AvgIpc) is 3.17. The standard InChI is InChI=1S/C17H23N5O4S2/c1-20(2)12-13-4-3-5-14(10-13)28(25,26)22-8-6-21(7-9-22)17-18-11-15(27-17)16(23)19-24/h3-5,10-11,24H,6-9,12H2,1-2H3,(H,19,23). The van der Waals surface area contributed by atoms with Gasteiger partial charge >= 0.3 is 0 Å². The smallest absolute Gasteiger partial charge is 0.286 e. The summed E-state index contributed by atoms with van der Waals surface area (Å²) in [5.41, 5.74) is 2.53. The lowest BCUT2D eigenvalue weighted by Gasteiger charge is -2.33. The van der Waals surface area contributed by atoms with Gasteiger partial charge in [0.05, 0.1) is 11.1 Å². The Balaban J connectivity index is 1.68. The van der Waals surface area contributed by atoms with Crippen LogP contribution in [0.15, 0.2) is 35.4 Å². The largest absolute Gasteiger partial charge is 0.345 e. The van der Waals surface area contributed by atoms with E-state index in [4.69, 9.17) is 5.21 Å². The van der Waals surface area contributed by atoms with Crippen molar-refractivity contribution in [1.29, 1.82) is 0 Å².